The molecule has 0 atom stereocenters. The summed E-state index contributed by atoms with van der Waals surface area (Å²) in [6, 6.07) is 0. The van der Waals surface area contributed by atoms with E-state index < -0.39 is 0 Å². The second kappa shape index (κ2) is 4.66. The first kappa shape index (κ1) is 12.4. The predicted molar refractivity (Wildman–Crippen MR) is 66.6 cm³/mol. The normalized spacial score (nSPS) is 10.9. The molecule has 2 aromatic rings. The zero-order chi connectivity index (χ0) is 12.6. The molecular formula is C11H12ClN3OS. The van der Waals surface area contributed by atoms with Gasteiger partial charge in [0.2, 0.25) is 0 Å². The summed E-state index contributed by atoms with van der Waals surface area (Å²) in [5, 5.41) is 9.73. The molecule has 2 heterocycles. The Morgan fingerprint density at radius 2 is 1.76 bits per heavy atom. The van der Waals surface area contributed by atoms with Crippen LogP contribution >= 0.6 is 23.4 Å². The second-order valence-electron chi connectivity index (χ2n) is 3.77. The smallest absolute Gasteiger partial charge is 0.262 e. The Morgan fingerprint density at radius 1 is 1.06 bits per heavy atom. The van der Waals surface area contributed by atoms with Crippen molar-refractivity contribution >= 4 is 23.4 Å². The van der Waals surface area contributed by atoms with Crippen molar-refractivity contribution in [3.63, 3.8) is 0 Å². The van der Waals surface area contributed by atoms with Gasteiger partial charge in [-0.25, -0.2) is 4.98 Å². The molecule has 0 saturated heterocycles. The minimum atomic E-state index is 0.437. The van der Waals surface area contributed by atoms with Crippen LogP contribution in [-0.2, 0) is 0 Å². The molecule has 90 valence electrons. The number of hydrogen-bond acceptors (Lipinski definition) is 5. The molecule has 0 aromatic carbocycles. The van der Waals surface area contributed by atoms with Crippen molar-refractivity contribution < 1.29 is 4.42 Å². The van der Waals surface area contributed by atoms with E-state index in [4.69, 9.17) is 16.0 Å². The van der Waals surface area contributed by atoms with Crippen LogP contribution in [-0.4, -0.2) is 15.2 Å². The molecule has 0 bridgehead atoms. The summed E-state index contributed by atoms with van der Waals surface area (Å²) in [6.45, 7) is 7.68. The molecule has 0 aliphatic heterocycles. The van der Waals surface area contributed by atoms with Crippen LogP contribution in [0.2, 0.25) is 5.15 Å². The fourth-order valence-electron chi connectivity index (χ4n) is 1.22. The fourth-order valence-corrected chi connectivity index (χ4v) is 2.30. The van der Waals surface area contributed by atoms with E-state index in [1.54, 1.807) is 0 Å². The third-order valence-electron chi connectivity index (χ3n) is 2.61. The fraction of sp³-hybridized carbons (Fsp3) is 0.364. The van der Waals surface area contributed by atoms with E-state index >= 15 is 0 Å². The van der Waals surface area contributed by atoms with E-state index in [2.05, 4.69) is 15.2 Å². The van der Waals surface area contributed by atoms with Gasteiger partial charge in [0, 0.05) is 0 Å². The maximum absolute atomic E-state index is 5.90. The Balaban J connectivity index is 2.33. The second-order valence-corrected chi connectivity index (χ2v) is 5.07. The maximum Gasteiger partial charge on any atom is 0.262 e. The Hall–Kier alpha value is -1.07. The molecule has 4 nitrogen and oxygen atoms in total. The molecule has 0 aliphatic rings. The first-order valence-corrected chi connectivity index (χ1v) is 6.29. The van der Waals surface area contributed by atoms with E-state index in [-0.39, 0.29) is 0 Å². The van der Waals surface area contributed by atoms with Gasteiger partial charge in [0.1, 0.15) is 10.8 Å². The SMILES string of the molecule is Cc1nc(Sc2nnc(Cl)c(C)c2C)oc1C. The van der Waals surface area contributed by atoms with E-state index in [0.717, 1.165) is 27.6 Å². The minimum Gasteiger partial charge on any atom is -0.436 e. The van der Waals surface area contributed by atoms with E-state index in [1.165, 1.54) is 11.8 Å². The van der Waals surface area contributed by atoms with Gasteiger partial charge in [-0.3, -0.25) is 0 Å². The van der Waals surface area contributed by atoms with Crippen LogP contribution in [0.3, 0.4) is 0 Å². The van der Waals surface area contributed by atoms with Crippen molar-refractivity contribution in [2.45, 2.75) is 37.9 Å². The lowest BCUT2D eigenvalue weighted by atomic mass is 10.2. The molecule has 0 fully saturated rings. The third kappa shape index (κ3) is 2.45. The van der Waals surface area contributed by atoms with Gasteiger partial charge in [-0.1, -0.05) is 11.6 Å². The van der Waals surface area contributed by atoms with Gasteiger partial charge < -0.3 is 4.42 Å². The third-order valence-corrected chi connectivity index (χ3v) is 3.90. The quantitative estimate of drug-likeness (QED) is 0.835. The number of halogens is 1. The van der Waals surface area contributed by atoms with Crippen LogP contribution in [0.5, 0.6) is 0 Å². The number of hydrogen-bond donors (Lipinski definition) is 0. The van der Waals surface area contributed by atoms with Crippen molar-refractivity contribution in [2.75, 3.05) is 0 Å². The average Bonchev–Trinajstić information content (AvgIpc) is 2.59. The Morgan fingerprint density at radius 3 is 2.35 bits per heavy atom. The van der Waals surface area contributed by atoms with Crippen molar-refractivity contribution in [3.05, 3.63) is 27.7 Å². The van der Waals surface area contributed by atoms with Crippen LogP contribution in [0.1, 0.15) is 22.6 Å². The molecule has 0 spiro atoms. The monoisotopic (exact) mass is 269 g/mol. The lowest BCUT2D eigenvalue weighted by Crippen LogP contribution is -1.95. The van der Waals surface area contributed by atoms with Crippen molar-refractivity contribution in [2.24, 2.45) is 0 Å². The first-order chi connectivity index (χ1) is 7.99. The van der Waals surface area contributed by atoms with Gasteiger partial charge >= 0.3 is 0 Å². The summed E-state index contributed by atoms with van der Waals surface area (Å²) in [5.41, 5.74) is 2.83. The number of aryl methyl sites for hydroxylation is 2. The average molecular weight is 270 g/mol. The molecule has 0 unspecified atom stereocenters. The number of nitrogens with zero attached hydrogens (tertiary/aromatic N) is 3. The molecule has 0 saturated carbocycles. The molecule has 6 heteroatoms. The number of aromatic nitrogens is 3. The van der Waals surface area contributed by atoms with Crippen LogP contribution in [0.25, 0.3) is 0 Å². The lowest BCUT2D eigenvalue weighted by Gasteiger charge is -2.04. The molecule has 17 heavy (non-hydrogen) atoms. The number of oxazole rings is 1. The minimum absolute atomic E-state index is 0.437. The molecule has 0 aliphatic carbocycles. The highest BCUT2D eigenvalue weighted by molar-refractivity contribution is 7.99. The summed E-state index contributed by atoms with van der Waals surface area (Å²) in [5.74, 6) is 0.823. The van der Waals surface area contributed by atoms with Crippen LogP contribution in [0, 0.1) is 27.7 Å². The molecule has 0 radical (unpaired) electrons. The summed E-state index contributed by atoms with van der Waals surface area (Å²) < 4.78 is 5.49. The summed E-state index contributed by atoms with van der Waals surface area (Å²) in [6.07, 6.45) is 0. The van der Waals surface area contributed by atoms with Crippen LogP contribution in [0.4, 0.5) is 0 Å². The van der Waals surface area contributed by atoms with E-state index in [0.29, 0.717) is 10.4 Å². The summed E-state index contributed by atoms with van der Waals surface area (Å²) in [7, 11) is 0. The number of rotatable bonds is 2. The molecule has 2 rings (SSSR count). The largest absolute Gasteiger partial charge is 0.436 e. The van der Waals surface area contributed by atoms with Crippen molar-refractivity contribution in [1.29, 1.82) is 0 Å². The molecule has 2 aromatic heterocycles. The molecule has 0 amide bonds. The van der Waals surface area contributed by atoms with E-state index in [9.17, 15) is 0 Å². The Labute approximate surface area is 109 Å². The zero-order valence-corrected chi connectivity index (χ0v) is 11.6. The highest BCUT2D eigenvalue weighted by Gasteiger charge is 2.13. The Kier molecular flexibility index (Phi) is 3.40. The topological polar surface area (TPSA) is 51.8 Å². The summed E-state index contributed by atoms with van der Waals surface area (Å²) in [4.78, 5) is 4.29. The summed E-state index contributed by atoms with van der Waals surface area (Å²) >= 11 is 7.26. The van der Waals surface area contributed by atoms with Gasteiger partial charge in [-0.2, -0.15) is 0 Å². The maximum atomic E-state index is 5.90. The van der Waals surface area contributed by atoms with Crippen LogP contribution in [0.15, 0.2) is 14.7 Å². The van der Waals surface area contributed by atoms with Crippen LogP contribution < -0.4 is 0 Å². The van der Waals surface area contributed by atoms with Gasteiger partial charge in [-0.05, 0) is 50.6 Å². The van der Waals surface area contributed by atoms with Gasteiger partial charge in [0.25, 0.3) is 5.22 Å². The van der Waals surface area contributed by atoms with Crippen molar-refractivity contribution in [1.82, 2.24) is 15.2 Å². The van der Waals surface area contributed by atoms with Gasteiger partial charge in [-0.15, -0.1) is 10.2 Å². The predicted octanol–water partition coefficient (Wildman–Crippen LogP) is 3.50. The standard InChI is InChI=1S/C11H12ClN3OS/c1-5-6(2)10(15-14-9(5)12)17-11-13-7(3)8(4)16-11/h1-4H3. The van der Waals surface area contributed by atoms with Gasteiger partial charge in [0.05, 0.1) is 5.69 Å². The van der Waals surface area contributed by atoms with Gasteiger partial charge in [0.15, 0.2) is 5.15 Å². The molecular weight excluding hydrogens is 258 g/mol. The zero-order valence-electron chi connectivity index (χ0n) is 10.0. The Bertz CT molecular complexity index is 549. The lowest BCUT2D eigenvalue weighted by molar-refractivity contribution is 0.430. The first-order valence-electron chi connectivity index (χ1n) is 5.10. The highest BCUT2D eigenvalue weighted by atomic mass is 35.5. The molecule has 0 N–H and O–H groups in total. The van der Waals surface area contributed by atoms with Crippen molar-refractivity contribution in [3.8, 4) is 0 Å². The highest BCUT2D eigenvalue weighted by Crippen LogP contribution is 2.31. The van der Waals surface area contributed by atoms with E-state index in [1.807, 2.05) is 27.7 Å².